The molecule has 7 nitrogen and oxygen atoms in total. The Bertz CT molecular complexity index is 847. The number of nitrogens with zero attached hydrogens (tertiary/aromatic N) is 2. The Morgan fingerprint density at radius 1 is 1.00 bits per heavy atom. The smallest absolute Gasteiger partial charge is 0.338 e. The fourth-order valence-corrected chi connectivity index (χ4v) is 2.51. The van der Waals surface area contributed by atoms with Gasteiger partial charge in [0.2, 0.25) is 5.91 Å². The fraction of sp³-hybridized carbons (Fsp3) is 0.286. The van der Waals surface area contributed by atoms with Crippen molar-refractivity contribution in [1.29, 1.82) is 0 Å². The van der Waals surface area contributed by atoms with E-state index < -0.39 is 5.97 Å². The second-order valence-corrected chi connectivity index (χ2v) is 6.65. The molecule has 0 unspecified atom stereocenters. The van der Waals surface area contributed by atoms with Gasteiger partial charge < -0.3 is 19.9 Å². The summed E-state index contributed by atoms with van der Waals surface area (Å²) in [7, 11) is 5.59. The minimum Gasteiger partial charge on any atom is -0.452 e. The summed E-state index contributed by atoms with van der Waals surface area (Å²) in [6, 6.07) is 14.2. The van der Waals surface area contributed by atoms with Crippen LogP contribution in [0.5, 0.6) is 0 Å². The Morgan fingerprint density at radius 3 is 2.29 bits per heavy atom. The van der Waals surface area contributed by atoms with E-state index in [4.69, 9.17) is 4.74 Å². The van der Waals surface area contributed by atoms with Gasteiger partial charge in [-0.25, -0.2) is 4.79 Å². The van der Waals surface area contributed by atoms with Crippen molar-refractivity contribution in [3.8, 4) is 0 Å². The highest BCUT2D eigenvalue weighted by Crippen LogP contribution is 2.14. The molecule has 0 radical (unpaired) electrons. The molecular formula is C21H25N3O4. The van der Waals surface area contributed by atoms with Crippen molar-refractivity contribution in [3.63, 3.8) is 0 Å². The number of nitrogens with one attached hydrogen (secondary N) is 1. The largest absolute Gasteiger partial charge is 0.452 e. The van der Waals surface area contributed by atoms with Crippen molar-refractivity contribution < 1.29 is 19.1 Å². The van der Waals surface area contributed by atoms with E-state index in [2.05, 4.69) is 5.32 Å². The summed E-state index contributed by atoms with van der Waals surface area (Å²) < 4.78 is 5.11. The van der Waals surface area contributed by atoms with Gasteiger partial charge in [-0.1, -0.05) is 18.2 Å². The number of amides is 2. The van der Waals surface area contributed by atoms with Crippen LogP contribution >= 0.6 is 0 Å². The number of carbonyl (C=O) groups excluding carboxylic acids is 3. The van der Waals surface area contributed by atoms with Crippen molar-refractivity contribution in [3.05, 3.63) is 59.7 Å². The predicted molar refractivity (Wildman–Crippen MR) is 108 cm³/mol. The molecule has 0 bridgehead atoms. The summed E-state index contributed by atoms with van der Waals surface area (Å²) in [6.07, 6.45) is 0. The molecule has 0 spiro atoms. The molecule has 0 heterocycles. The standard InChI is InChI=1S/C21H25N3O4/c1-15(25)22-18-7-5-6-17(12-18)21(27)28-14-20(26)24(4)13-16-8-10-19(11-9-16)23(2)3/h5-12H,13-14H2,1-4H3,(H,22,25). The molecule has 148 valence electrons. The molecule has 0 saturated carbocycles. The Kier molecular flexibility index (Phi) is 7.14. The van der Waals surface area contributed by atoms with Crippen LogP contribution in [0.15, 0.2) is 48.5 Å². The van der Waals surface area contributed by atoms with Crippen molar-refractivity contribution in [2.24, 2.45) is 0 Å². The highest BCUT2D eigenvalue weighted by Gasteiger charge is 2.14. The molecule has 28 heavy (non-hydrogen) atoms. The average molecular weight is 383 g/mol. The number of hydrogen-bond donors (Lipinski definition) is 1. The SMILES string of the molecule is CC(=O)Nc1cccc(C(=O)OCC(=O)N(C)Cc2ccc(N(C)C)cc2)c1. The molecule has 0 fully saturated rings. The van der Waals surface area contributed by atoms with Crippen LogP contribution in [0.25, 0.3) is 0 Å². The van der Waals surface area contributed by atoms with Crippen molar-refractivity contribution in [1.82, 2.24) is 4.90 Å². The predicted octanol–water partition coefficient (Wildman–Crippen LogP) is 2.53. The molecule has 2 amide bonds. The molecule has 2 aromatic carbocycles. The van der Waals surface area contributed by atoms with Crippen molar-refractivity contribution >= 4 is 29.2 Å². The third-order valence-electron chi connectivity index (χ3n) is 4.04. The van der Waals surface area contributed by atoms with Gasteiger partial charge in [0.25, 0.3) is 5.91 Å². The van der Waals surface area contributed by atoms with Gasteiger partial charge in [-0.05, 0) is 35.9 Å². The summed E-state index contributed by atoms with van der Waals surface area (Å²) in [5.41, 5.74) is 2.82. The first-order valence-electron chi connectivity index (χ1n) is 8.81. The van der Waals surface area contributed by atoms with Gasteiger partial charge in [-0.3, -0.25) is 9.59 Å². The average Bonchev–Trinajstić information content (AvgIpc) is 2.65. The topological polar surface area (TPSA) is 78.9 Å². The number of likely N-dealkylation sites (N-methyl/N-ethyl adjacent to an activating group) is 1. The van der Waals surface area contributed by atoms with Crippen LogP contribution in [0, 0.1) is 0 Å². The second kappa shape index (κ2) is 9.55. The summed E-state index contributed by atoms with van der Waals surface area (Å²) in [6.45, 7) is 1.45. The third-order valence-corrected chi connectivity index (χ3v) is 4.04. The number of benzene rings is 2. The number of anilines is 2. The quantitative estimate of drug-likeness (QED) is 0.744. The van der Waals surface area contributed by atoms with Gasteiger partial charge in [-0.15, -0.1) is 0 Å². The summed E-state index contributed by atoms with van der Waals surface area (Å²) in [5.74, 6) is -1.16. The van der Waals surface area contributed by atoms with Gasteiger partial charge in [0, 0.05) is 46.0 Å². The minimum atomic E-state index is -0.621. The lowest BCUT2D eigenvalue weighted by atomic mass is 10.2. The molecule has 7 heteroatoms. The molecule has 0 saturated heterocycles. The zero-order chi connectivity index (χ0) is 20.7. The molecule has 2 aromatic rings. The van der Waals surface area contributed by atoms with Gasteiger partial charge in [0.15, 0.2) is 6.61 Å². The fourth-order valence-electron chi connectivity index (χ4n) is 2.51. The van der Waals surface area contributed by atoms with Crippen LogP contribution in [-0.4, -0.2) is 50.4 Å². The van der Waals surface area contributed by atoms with Crippen LogP contribution in [-0.2, 0) is 20.9 Å². The van der Waals surface area contributed by atoms with Gasteiger partial charge in [0.1, 0.15) is 0 Å². The molecule has 2 rings (SSSR count). The molecule has 0 aliphatic carbocycles. The number of carbonyl (C=O) groups is 3. The third kappa shape index (κ3) is 6.12. The Morgan fingerprint density at radius 2 is 1.68 bits per heavy atom. The molecule has 0 aliphatic rings. The van der Waals surface area contributed by atoms with Gasteiger partial charge in [0.05, 0.1) is 5.56 Å². The maximum Gasteiger partial charge on any atom is 0.338 e. The first-order valence-corrected chi connectivity index (χ1v) is 8.81. The van der Waals surface area contributed by atoms with Crippen molar-refractivity contribution in [2.45, 2.75) is 13.5 Å². The van der Waals surface area contributed by atoms with E-state index in [0.29, 0.717) is 12.2 Å². The van der Waals surface area contributed by atoms with Crippen LogP contribution in [0.1, 0.15) is 22.8 Å². The molecular weight excluding hydrogens is 358 g/mol. The van der Waals surface area contributed by atoms with Crippen LogP contribution in [0.4, 0.5) is 11.4 Å². The molecule has 1 N–H and O–H groups in total. The Balaban J connectivity index is 1.88. The summed E-state index contributed by atoms with van der Waals surface area (Å²) >= 11 is 0. The van der Waals surface area contributed by atoms with Crippen LogP contribution < -0.4 is 10.2 Å². The molecule has 0 aromatic heterocycles. The highest BCUT2D eigenvalue weighted by atomic mass is 16.5. The first-order chi connectivity index (χ1) is 13.3. The first kappa shape index (κ1) is 21.0. The Hall–Kier alpha value is -3.35. The normalized spacial score (nSPS) is 10.1. The maximum absolute atomic E-state index is 12.3. The van der Waals surface area contributed by atoms with Gasteiger partial charge >= 0.3 is 5.97 Å². The van der Waals surface area contributed by atoms with E-state index in [0.717, 1.165) is 11.3 Å². The van der Waals surface area contributed by atoms with E-state index in [1.165, 1.54) is 17.9 Å². The monoisotopic (exact) mass is 383 g/mol. The number of rotatable bonds is 7. The lowest BCUT2D eigenvalue weighted by molar-refractivity contribution is -0.133. The zero-order valence-electron chi connectivity index (χ0n) is 16.6. The van der Waals surface area contributed by atoms with E-state index in [-0.39, 0.29) is 24.0 Å². The lowest BCUT2D eigenvalue weighted by Gasteiger charge is -2.18. The number of esters is 1. The minimum absolute atomic E-state index is 0.235. The summed E-state index contributed by atoms with van der Waals surface area (Å²) in [5, 5.41) is 2.60. The molecule has 0 atom stereocenters. The van der Waals surface area contributed by atoms with Gasteiger partial charge in [-0.2, -0.15) is 0 Å². The number of hydrogen-bond acceptors (Lipinski definition) is 5. The highest BCUT2D eigenvalue weighted by molar-refractivity contribution is 5.94. The van der Waals surface area contributed by atoms with Crippen LogP contribution in [0.3, 0.4) is 0 Å². The maximum atomic E-state index is 12.3. The van der Waals surface area contributed by atoms with E-state index in [1.54, 1.807) is 25.2 Å². The summed E-state index contributed by atoms with van der Waals surface area (Å²) in [4.78, 5) is 39.0. The second-order valence-electron chi connectivity index (χ2n) is 6.65. The number of ether oxygens (including phenoxy) is 1. The van der Waals surface area contributed by atoms with Crippen LogP contribution in [0.2, 0.25) is 0 Å². The van der Waals surface area contributed by atoms with E-state index in [9.17, 15) is 14.4 Å². The van der Waals surface area contributed by atoms with E-state index >= 15 is 0 Å². The van der Waals surface area contributed by atoms with E-state index in [1.807, 2.05) is 43.3 Å². The lowest BCUT2D eigenvalue weighted by Crippen LogP contribution is -2.30. The Labute approximate surface area is 164 Å². The zero-order valence-corrected chi connectivity index (χ0v) is 16.6. The molecule has 0 aliphatic heterocycles. The van der Waals surface area contributed by atoms with Crippen molar-refractivity contribution in [2.75, 3.05) is 38.0 Å².